The van der Waals surface area contributed by atoms with Crippen molar-refractivity contribution < 1.29 is 4.79 Å². The van der Waals surface area contributed by atoms with Gasteiger partial charge in [-0.2, -0.15) is 0 Å². The molecule has 0 bridgehead atoms. The van der Waals surface area contributed by atoms with Crippen LogP contribution in [0.2, 0.25) is 0 Å². The quantitative estimate of drug-likeness (QED) is 0.574. The summed E-state index contributed by atoms with van der Waals surface area (Å²) in [6, 6.07) is 16.2. The van der Waals surface area contributed by atoms with Crippen LogP contribution in [0.3, 0.4) is 0 Å². The highest BCUT2D eigenvalue weighted by molar-refractivity contribution is 5.92. The van der Waals surface area contributed by atoms with Crippen LogP contribution in [0.25, 0.3) is 33.3 Å². The van der Waals surface area contributed by atoms with Gasteiger partial charge in [-0.25, -0.2) is 4.98 Å². The van der Waals surface area contributed by atoms with Gasteiger partial charge < -0.3 is 9.88 Å². The van der Waals surface area contributed by atoms with Crippen LogP contribution in [0.1, 0.15) is 24.8 Å². The van der Waals surface area contributed by atoms with Gasteiger partial charge in [-0.1, -0.05) is 30.3 Å². The average Bonchev–Trinajstić information content (AvgIpc) is 3.52. The normalized spacial score (nSPS) is 15.2. The maximum Gasteiger partial charge on any atom is 0.261 e. The zero-order chi connectivity index (χ0) is 20.2. The smallest absolute Gasteiger partial charge is 0.261 e. The van der Waals surface area contributed by atoms with E-state index in [0.717, 1.165) is 30.5 Å². The third-order valence-corrected chi connectivity index (χ3v) is 6.24. The van der Waals surface area contributed by atoms with E-state index < -0.39 is 0 Å². The van der Waals surface area contributed by atoms with Crippen molar-refractivity contribution in [1.29, 1.82) is 0 Å². The third kappa shape index (κ3) is 2.67. The van der Waals surface area contributed by atoms with E-state index in [1.807, 2.05) is 36.4 Å². The highest BCUT2D eigenvalue weighted by Gasteiger charge is 2.28. The first-order valence-corrected chi connectivity index (χ1v) is 10.6. The van der Waals surface area contributed by atoms with Crippen molar-refractivity contribution in [3.05, 3.63) is 64.4 Å². The second kappa shape index (κ2) is 6.55. The first kappa shape index (κ1) is 17.4. The van der Waals surface area contributed by atoms with Crippen LogP contribution in [-0.4, -0.2) is 26.1 Å². The summed E-state index contributed by atoms with van der Waals surface area (Å²) in [5.74, 6) is 0.794. The van der Waals surface area contributed by atoms with E-state index in [9.17, 15) is 9.59 Å². The van der Waals surface area contributed by atoms with Gasteiger partial charge in [0.2, 0.25) is 5.91 Å². The van der Waals surface area contributed by atoms with E-state index >= 15 is 0 Å². The van der Waals surface area contributed by atoms with Crippen molar-refractivity contribution in [1.82, 2.24) is 19.4 Å². The molecule has 30 heavy (non-hydrogen) atoms. The third-order valence-electron chi connectivity index (χ3n) is 6.24. The lowest BCUT2D eigenvalue weighted by molar-refractivity contribution is -0.121. The number of aromatic nitrogens is 3. The van der Waals surface area contributed by atoms with Crippen LogP contribution >= 0.6 is 0 Å². The minimum Gasteiger partial charge on any atom is -0.353 e. The summed E-state index contributed by atoms with van der Waals surface area (Å²) in [7, 11) is 0. The zero-order valence-electron chi connectivity index (χ0n) is 16.6. The number of carbonyl (C=O) groups excluding carboxylic acids is 1. The van der Waals surface area contributed by atoms with Crippen molar-refractivity contribution in [3.63, 3.8) is 0 Å². The predicted molar refractivity (Wildman–Crippen MR) is 116 cm³/mol. The molecule has 1 N–H and O–H groups in total. The molecular formula is C24H22N4O2. The SMILES string of the molecule is O=C(CCn1c2c(c3ccccc31)CCn1c-2nc2ccccc2c1=O)NC1CC1. The highest BCUT2D eigenvalue weighted by atomic mass is 16.1. The van der Waals surface area contributed by atoms with Crippen LogP contribution < -0.4 is 10.9 Å². The van der Waals surface area contributed by atoms with Gasteiger partial charge in [-0.05, 0) is 43.0 Å². The second-order valence-electron chi connectivity index (χ2n) is 8.25. The fraction of sp³-hybridized carbons (Fsp3) is 0.292. The standard InChI is InChI=1S/C24H22N4O2/c29-21(25-15-9-10-15)12-14-27-20-8-4-2-5-16(20)17-11-13-28-23(22(17)27)26-19-7-3-1-6-18(19)24(28)30/h1-8,15H,9-14H2,(H,25,29). The van der Waals surface area contributed by atoms with Crippen LogP contribution in [-0.2, 0) is 24.3 Å². The molecule has 6 nitrogen and oxygen atoms in total. The van der Waals surface area contributed by atoms with Gasteiger partial charge in [0, 0.05) is 36.5 Å². The number of hydrogen-bond acceptors (Lipinski definition) is 3. The molecule has 2 aromatic heterocycles. The molecule has 2 aliphatic rings. The summed E-state index contributed by atoms with van der Waals surface area (Å²) >= 11 is 0. The van der Waals surface area contributed by atoms with Crippen LogP contribution in [0.4, 0.5) is 0 Å². The summed E-state index contributed by atoms with van der Waals surface area (Å²) in [6.45, 7) is 1.19. The molecule has 6 rings (SSSR count). The van der Waals surface area contributed by atoms with Gasteiger partial charge in [-0.15, -0.1) is 0 Å². The van der Waals surface area contributed by atoms with Crippen LogP contribution in [0.5, 0.6) is 0 Å². The number of aryl methyl sites for hydroxylation is 2. The van der Waals surface area contributed by atoms with Crippen molar-refractivity contribution >= 4 is 27.7 Å². The molecule has 3 heterocycles. The van der Waals surface area contributed by atoms with Gasteiger partial charge >= 0.3 is 0 Å². The first-order valence-electron chi connectivity index (χ1n) is 10.6. The van der Waals surface area contributed by atoms with E-state index in [-0.39, 0.29) is 11.5 Å². The van der Waals surface area contributed by atoms with E-state index in [0.29, 0.717) is 42.3 Å². The van der Waals surface area contributed by atoms with Crippen molar-refractivity contribution in [2.45, 2.75) is 44.8 Å². The monoisotopic (exact) mass is 398 g/mol. The predicted octanol–water partition coefficient (Wildman–Crippen LogP) is 3.24. The summed E-state index contributed by atoms with van der Waals surface area (Å²) in [5.41, 5.74) is 4.01. The van der Waals surface area contributed by atoms with Crippen molar-refractivity contribution in [3.8, 4) is 11.5 Å². The molecule has 0 atom stereocenters. The molecule has 150 valence electrons. The molecule has 1 aliphatic heterocycles. The molecule has 4 aromatic rings. The van der Waals surface area contributed by atoms with Crippen LogP contribution in [0.15, 0.2) is 53.3 Å². The molecule has 1 fully saturated rings. The van der Waals surface area contributed by atoms with Gasteiger partial charge in [0.05, 0.1) is 16.6 Å². The Morgan fingerprint density at radius 2 is 1.83 bits per heavy atom. The van der Waals surface area contributed by atoms with Crippen LogP contribution in [0, 0.1) is 0 Å². The molecule has 1 saturated carbocycles. The van der Waals surface area contributed by atoms with Gasteiger partial charge in [-0.3, -0.25) is 14.2 Å². The number of carbonyl (C=O) groups is 1. The summed E-state index contributed by atoms with van der Waals surface area (Å²) in [6.07, 6.45) is 3.37. The number of para-hydroxylation sites is 2. The molecule has 1 amide bonds. The minimum absolute atomic E-state index is 0.00420. The molecule has 0 spiro atoms. The number of fused-ring (bicyclic) bond motifs is 6. The zero-order valence-corrected chi connectivity index (χ0v) is 16.6. The lowest BCUT2D eigenvalue weighted by Crippen LogP contribution is -2.29. The molecule has 0 radical (unpaired) electrons. The Morgan fingerprint density at radius 1 is 1.07 bits per heavy atom. The maximum atomic E-state index is 13.2. The van der Waals surface area contributed by atoms with E-state index in [2.05, 4.69) is 22.0 Å². The van der Waals surface area contributed by atoms with Crippen molar-refractivity contribution in [2.75, 3.05) is 0 Å². The largest absolute Gasteiger partial charge is 0.353 e. The molecular weight excluding hydrogens is 376 g/mol. The molecule has 1 aliphatic carbocycles. The highest BCUT2D eigenvalue weighted by Crippen LogP contribution is 2.36. The van der Waals surface area contributed by atoms with Gasteiger partial charge in [0.25, 0.3) is 5.56 Å². The Labute approximate surface area is 173 Å². The summed E-state index contributed by atoms with van der Waals surface area (Å²) in [4.78, 5) is 30.4. The Bertz CT molecular complexity index is 1380. The Hall–Kier alpha value is -3.41. The minimum atomic E-state index is 0.00420. The number of rotatable bonds is 4. The van der Waals surface area contributed by atoms with E-state index in [4.69, 9.17) is 4.98 Å². The Balaban J connectivity index is 1.53. The molecule has 6 heteroatoms. The number of nitrogens with one attached hydrogen (secondary N) is 1. The maximum absolute atomic E-state index is 13.2. The number of amides is 1. The molecule has 0 unspecified atom stereocenters. The van der Waals surface area contributed by atoms with Gasteiger partial charge in [0.1, 0.15) is 0 Å². The average molecular weight is 398 g/mol. The summed E-state index contributed by atoms with van der Waals surface area (Å²) < 4.78 is 3.98. The Morgan fingerprint density at radius 3 is 2.67 bits per heavy atom. The topological polar surface area (TPSA) is 68.9 Å². The fourth-order valence-electron chi connectivity index (χ4n) is 4.64. The summed E-state index contributed by atoms with van der Waals surface area (Å²) in [5, 5.41) is 4.91. The molecule has 0 saturated heterocycles. The second-order valence-corrected chi connectivity index (χ2v) is 8.25. The Kier molecular flexibility index (Phi) is 3.81. The fourth-order valence-corrected chi connectivity index (χ4v) is 4.64. The van der Waals surface area contributed by atoms with E-state index in [1.165, 1.54) is 10.9 Å². The lowest BCUT2D eigenvalue weighted by Gasteiger charge is -2.21. The lowest BCUT2D eigenvalue weighted by atomic mass is 10.0. The molecule has 2 aromatic carbocycles. The van der Waals surface area contributed by atoms with Gasteiger partial charge in [0.15, 0.2) is 5.82 Å². The van der Waals surface area contributed by atoms with Crippen molar-refractivity contribution in [2.24, 2.45) is 0 Å². The van der Waals surface area contributed by atoms with E-state index in [1.54, 1.807) is 4.57 Å². The number of hydrogen-bond donors (Lipinski definition) is 1. The first-order chi connectivity index (χ1) is 14.7. The number of nitrogens with zero attached hydrogens (tertiary/aromatic N) is 3. The number of benzene rings is 2.